The highest BCUT2D eigenvalue weighted by atomic mass is 32.2. The Morgan fingerprint density at radius 1 is 1.37 bits per heavy atom. The molecule has 1 unspecified atom stereocenters. The number of thioether (sulfide) groups is 1. The molecule has 100 valence electrons. The molecular formula is C14H16N2O2S. The zero-order valence-corrected chi connectivity index (χ0v) is 11.4. The van der Waals surface area contributed by atoms with Crippen LogP contribution in [-0.2, 0) is 0 Å². The topological polar surface area (TPSA) is 61.3 Å². The van der Waals surface area contributed by atoms with Gasteiger partial charge in [0.25, 0.3) is 0 Å². The average Bonchev–Trinajstić information content (AvgIpc) is 2.87. The molecule has 5 heteroatoms. The van der Waals surface area contributed by atoms with Crippen LogP contribution in [0.2, 0.25) is 0 Å². The van der Waals surface area contributed by atoms with Crippen LogP contribution in [0.3, 0.4) is 0 Å². The van der Waals surface area contributed by atoms with E-state index in [9.17, 15) is 0 Å². The van der Waals surface area contributed by atoms with Gasteiger partial charge < -0.3 is 15.0 Å². The van der Waals surface area contributed by atoms with Crippen LogP contribution < -0.4 is 10.5 Å². The molecule has 0 aliphatic carbocycles. The van der Waals surface area contributed by atoms with Crippen molar-refractivity contribution < 1.29 is 9.26 Å². The Kier molecular flexibility index (Phi) is 3.64. The molecular weight excluding hydrogens is 260 g/mol. The molecule has 1 fully saturated rings. The normalized spacial score (nSPS) is 19.3. The van der Waals surface area contributed by atoms with E-state index in [4.69, 9.17) is 15.0 Å². The van der Waals surface area contributed by atoms with Gasteiger partial charge in [0, 0.05) is 17.4 Å². The van der Waals surface area contributed by atoms with Crippen molar-refractivity contribution in [2.45, 2.75) is 18.9 Å². The first kappa shape index (κ1) is 12.4. The number of benzene rings is 1. The van der Waals surface area contributed by atoms with Crippen molar-refractivity contribution in [3.8, 4) is 17.0 Å². The first-order chi connectivity index (χ1) is 9.31. The van der Waals surface area contributed by atoms with E-state index in [-0.39, 0.29) is 0 Å². The summed E-state index contributed by atoms with van der Waals surface area (Å²) in [5.41, 5.74) is 7.24. The maximum Gasteiger partial charge on any atom is 0.222 e. The predicted octanol–water partition coefficient (Wildman–Crippen LogP) is 3.20. The van der Waals surface area contributed by atoms with E-state index in [1.54, 1.807) is 6.07 Å². The molecule has 1 aromatic carbocycles. The number of nitrogens with zero attached hydrogens (tertiary/aromatic N) is 1. The number of nitrogen functional groups attached to an aromatic ring is 1. The van der Waals surface area contributed by atoms with Crippen LogP contribution in [0, 0.1) is 0 Å². The van der Waals surface area contributed by atoms with Crippen molar-refractivity contribution in [2.24, 2.45) is 0 Å². The molecule has 2 aromatic rings. The van der Waals surface area contributed by atoms with Crippen LogP contribution in [-0.4, -0.2) is 22.8 Å². The zero-order valence-electron chi connectivity index (χ0n) is 10.5. The molecule has 1 atom stereocenters. The fraction of sp³-hybridized carbons (Fsp3) is 0.357. The minimum atomic E-state index is 0.316. The van der Waals surface area contributed by atoms with Crippen molar-refractivity contribution in [2.75, 3.05) is 17.2 Å². The van der Waals surface area contributed by atoms with Gasteiger partial charge in [0.2, 0.25) is 5.88 Å². The van der Waals surface area contributed by atoms with Gasteiger partial charge in [-0.3, -0.25) is 0 Å². The smallest absolute Gasteiger partial charge is 0.222 e. The number of ether oxygens (including phenoxy) is 1. The van der Waals surface area contributed by atoms with E-state index in [1.165, 1.54) is 12.2 Å². The Hall–Kier alpha value is -1.62. The van der Waals surface area contributed by atoms with Gasteiger partial charge >= 0.3 is 0 Å². The number of hydrogen-bond donors (Lipinski definition) is 1. The summed E-state index contributed by atoms with van der Waals surface area (Å²) < 4.78 is 10.9. The van der Waals surface area contributed by atoms with Crippen LogP contribution in [0.15, 0.2) is 34.9 Å². The monoisotopic (exact) mass is 276 g/mol. The Labute approximate surface area is 116 Å². The fourth-order valence-corrected chi connectivity index (χ4v) is 3.19. The van der Waals surface area contributed by atoms with Crippen LogP contribution in [0.5, 0.6) is 5.75 Å². The molecule has 1 aliphatic rings. The molecule has 1 saturated heterocycles. The second-order valence-electron chi connectivity index (χ2n) is 4.60. The summed E-state index contributed by atoms with van der Waals surface area (Å²) >= 11 is 1.96. The number of aromatic nitrogens is 1. The van der Waals surface area contributed by atoms with E-state index in [0.29, 0.717) is 12.0 Å². The molecule has 1 aromatic heterocycles. The van der Waals surface area contributed by atoms with Crippen molar-refractivity contribution in [1.29, 1.82) is 0 Å². The predicted molar refractivity (Wildman–Crippen MR) is 77.3 cm³/mol. The molecule has 0 spiro atoms. The Morgan fingerprint density at radius 3 is 3.05 bits per heavy atom. The molecule has 0 amide bonds. The van der Waals surface area contributed by atoms with E-state index >= 15 is 0 Å². The van der Waals surface area contributed by atoms with Gasteiger partial charge in [0.15, 0.2) is 0 Å². The maximum atomic E-state index is 6.01. The van der Waals surface area contributed by atoms with Crippen molar-refractivity contribution in [1.82, 2.24) is 5.16 Å². The van der Waals surface area contributed by atoms with E-state index in [2.05, 4.69) is 5.16 Å². The van der Waals surface area contributed by atoms with Gasteiger partial charge in [-0.2, -0.15) is 11.8 Å². The first-order valence-electron chi connectivity index (χ1n) is 6.38. The second kappa shape index (κ2) is 5.57. The summed E-state index contributed by atoms with van der Waals surface area (Å²) in [7, 11) is 0. The molecule has 4 nitrogen and oxygen atoms in total. The minimum absolute atomic E-state index is 0.316. The van der Waals surface area contributed by atoms with Crippen LogP contribution in [0.1, 0.15) is 12.8 Å². The van der Waals surface area contributed by atoms with Crippen molar-refractivity contribution in [3.63, 3.8) is 0 Å². The summed E-state index contributed by atoms with van der Waals surface area (Å²) in [5.74, 6) is 3.52. The third-order valence-electron chi connectivity index (χ3n) is 3.08. The quantitative estimate of drug-likeness (QED) is 0.932. The summed E-state index contributed by atoms with van der Waals surface area (Å²) in [6, 6.07) is 9.61. The Balaban J connectivity index is 1.75. The minimum Gasteiger partial charge on any atom is -0.490 e. The highest BCUT2D eigenvalue weighted by molar-refractivity contribution is 7.99. The lowest BCUT2D eigenvalue weighted by Gasteiger charge is -2.22. The second-order valence-corrected chi connectivity index (χ2v) is 5.75. The standard InChI is InChI=1S/C14H16N2O2S/c15-14-8-13(16-18-14)10-3-1-4-11(7-10)17-12-5-2-6-19-9-12/h1,3-4,7-8,12H,2,5-6,9,15H2. The van der Waals surface area contributed by atoms with Crippen molar-refractivity contribution in [3.05, 3.63) is 30.3 Å². The van der Waals surface area contributed by atoms with Crippen LogP contribution >= 0.6 is 11.8 Å². The maximum absolute atomic E-state index is 6.01. The number of nitrogens with two attached hydrogens (primary N) is 1. The average molecular weight is 276 g/mol. The Morgan fingerprint density at radius 2 is 2.32 bits per heavy atom. The van der Waals surface area contributed by atoms with E-state index in [0.717, 1.165) is 29.2 Å². The Bertz CT molecular complexity index is 550. The SMILES string of the molecule is Nc1cc(-c2cccc(OC3CCCSC3)c2)no1. The van der Waals surface area contributed by atoms with Gasteiger partial charge in [0.1, 0.15) is 17.5 Å². The number of anilines is 1. The van der Waals surface area contributed by atoms with Gasteiger partial charge in [-0.25, -0.2) is 0 Å². The van der Waals surface area contributed by atoms with Gasteiger partial charge in [-0.05, 0) is 30.7 Å². The van der Waals surface area contributed by atoms with Gasteiger partial charge in [0.05, 0.1) is 0 Å². The summed E-state index contributed by atoms with van der Waals surface area (Å²) in [5, 5.41) is 3.91. The molecule has 1 aliphatic heterocycles. The lowest BCUT2D eigenvalue weighted by molar-refractivity contribution is 0.211. The zero-order chi connectivity index (χ0) is 13.1. The van der Waals surface area contributed by atoms with Crippen molar-refractivity contribution >= 4 is 17.6 Å². The van der Waals surface area contributed by atoms with E-state index < -0.39 is 0 Å². The summed E-state index contributed by atoms with van der Waals surface area (Å²) in [4.78, 5) is 0. The molecule has 0 bridgehead atoms. The molecule has 2 N–H and O–H groups in total. The van der Waals surface area contributed by atoms with Gasteiger partial charge in [-0.1, -0.05) is 17.3 Å². The third-order valence-corrected chi connectivity index (χ3v) is 4.26. The lowest BCUT2D eigenvalue weighted by Crippen LogP contribution is -2.23. The lowest BCUT2D eigenvalue weighted by atomic mass is 10.1. The first-order valence-corrected chi connectivity index (χ1v) is 7.54. The highest BCUT2D eigenvalue weighted by Gasteiger charge is 2.15. The van der Waals surface area contributed by atoms with Crippen LogP contribution in [0.25, 0.3) is 11.3 Å². The number of rotatable bonds is 3. The molecule has 0 radical (unpaired) electrons. The largest absolute Gasteiger partial charge is 0.490 e. The molecule has 2 heterocycles. The van der Waals surface area contributed by atoms with E-state index in [1.807, 2.05) is 36.0 Å². The summed E-state index contributed by atoms with van der Waals surface area (Å²) in [6.07, 6.45) is 2.68. The summed E-state index contributed by atoms with van der Waals surface area (Å²) in [6.45, 7) is 0. The molecule has 3 rings (SSSR count). The number of hydrogen-bond acceptors (Lipinski definition) is 5. The highest BCUT2D eigenvalue weighted by Crippen LogP contribution is 2.27. The molecule has 0 saturated carbocycles. The molecule has 19 heavy (non-hydrogen) atoms. The van der Waals surface area contributed by atoms with Crippen LogP contribution in [0.4, 0.5) is 5.88 Å². The fourth-order valence-electron chi connectivity index (χ4n) is 2.15. The van der Waals surface area contributed by atoms with Gasteiger partial charge in [-0.15, -0.1) is 0 Å². The third kappa shape index (κ3) is 3.04.